The smallest absolute Gasteiger partial charge is 0.337 e. The van der Waals surface area contributed by atoms with Crippen LogP contribution in [0.4, 0.5) is 11.4 Å². The van der Waals surface area contributed by atoms with E-state index in [1.807, 2.05) is 30.3 Å². The van der Waals surface area contributed by atoms with E-state index in [2.05, 4.69) is 21.2 Å². The number of para-hydroxylation sites is 2. The van der Waals surface area contributed by atoms with Gasteiger partial charge in [-0.15, -0.1) is 23.4 Å². The van der Waals surface area contributed by atoms with Gasteiger partial charge in [0.2, 0.25) is 0 Å². The lowest BCUT2D eigenvalue weighted by Crippen LogP contribution is -2.32. The Morgan fingerprint density at radius 3 is 2.65 bits per heavy atom. The first-order valence-electron chi connectivity index (χ1n) is 10.8. The highest BCUT2D eigenvalue weighted by Gasteiger charge is 2.51. The molecule has 5 unspecified atom stereocenters. The number of nitrogens with zero attached hydrogens (tertiary/aromatic N) is 1. The molecule has 1 aliphatic heterocycles. The van der Waals surface area contributed by atoms with Gasteiger partial charge in [-0.1, -0.05) is 52.3 Å². The lowest BCUT2D eigenvalue weighted by Gasteiger charge is -2.39. The molecule has 9 heteroatoms. The Kier molecular flexibility index (Phi) is 6.31. The number of hydrogen-bond acceptors (Lipinski definition) is 5. The topological polar surface area (TPSA) is 92.5 Å². The quantitative estimate of drug-likeness (QED) is 0.197. The van der Waals surface area contributed by atoms with Crippen molar-refractivity contribution in [2.24, 2.45) is 5.92 Å². The zero-order chi connectivity index (χ0) is 24.0. The first kappa shape index (κ1) is 23.2. The number of thioether (sulfide) groups is 1. The van der Waals surface area contributed by atoms with Crippen LogP contribution in [-0.2, 0) is 0 Å². The first-order valence-corrected chi connectivity index (χ1v) is 12.9. The van der Waals surface area contributed by atoms with Gasteiger partial charge in [-0.2, -0.15) is 0 Å². The van der Waals surface area contributed by atoms with Crippen molar-refractivity contribution in [3.8, 4) is 0 Å². The molecule has 34 heavy (non-hydrogen) atoms. The standard InChI is InChI=1S/C25H20BrClN2O4S/c26-14-6-3-5-13(11-14)23-17-12-20(34-19-10-2-1-9-18(19)29(32)33)22(27)21(17)15-7-4-8-16(25(30)31)24(15)28-23/h1-11,17,20-23,28H,12H2,(H,30,31). The third kappa shape index (κ3) is 4.08. The van der Waals surface area contributed by atoms with Gasteiger partial charge in [-0.3, -0.25) is 10.1 Å². The Balaban J connectivity index is 1.58. The summed E-state index contributed by atoms with van der Waals surface area (Å²) < 4.78 is 0.937. The van der Waals surface area contributed by atoms with Crippen molar-refractivity contribution in [3.05, 3.63) is 98.0 Å². The Hall–Kier alpha value is -2.55. The van der Waals surface area contributed by atoms with E-state index in [4.69, 9.17) is 11.6 Å². The summed E-state index contributed by atoms with van der Waals surface area (Å²) in [5.41, 5.74) is 2.82. The van der Waals surface area contributed by atoms with Gasteiger partial charge in [0.05, 0.1) is 32.5 Å². The highest BCUT2D eigenvalue weighted by molar-refractivity contribution is 9.10. The van der Waals surface area contributed by atoms with Gasteiger partial charge >= 0.3 is 5.97 Å². The summed E-state index contributed by atoms with van der Waals surface area (Å²) in [7, 11) is 0. The van der Waals surface area contributed by atoms with Crippen LogP contribution in [0.5, 0.6) is 0 Å². The van der Waals surface area contributed by atoms with Gasteiger partial charge in [0.15, 0.2) is 0 Å². The number of nitro benzene ring substituents is 1. The number of rotatable bonds is 5. The van der Waals surface area contributed by atoms with Crippen molar-refractivity contribution >= 4 is 56.6 Å². The van der Waals surface area contributed by atoms with Gasteiger partial charge in [0.25, 0.3) is 5.69 Å². The average molecular weight is 560 g/mol. The third-order valence-corrected chi connectivity index (χ3v) is 9.23. The van der Waals surface area contributed by atoms with Crippen molar-refractivity contribution in [1.29, 1.82) is 0 Å². The number of carboxylic acid groups (broad SMARTS) is 1. The first-order chi connectivity index (χ1) is 16.3. The molecular formula is C25H20BrClN2O4S. The number of fused-ring (bicyclic) bond motifs is 3. The van der Waals surface area contributed by atoms with E-state index >= 15 is 0 Å². The second-order valence-electron chi connectivity index (χ2n) is 8.50. The van der Waals surface area contributed by atoms with E-state index in [-0.39, 0.29) is 44.7 Å². The van der Waals surface area contributed by atoms with Crippen molar-refractivity contribution in [2.45, 2.75) is 33.9 Å². The lowest BCUT2D eigenvalue weighted by molar-refractivity contribution is -0.387. The van der Waals surface area contributed by atoms with Gasteiger partial charge in [0.1, 0.15) is 0 Å². The Morgan fingerprint density at radius 1 is 1.15 bits per heavy atom. The van der Waals surface area contributed by atoms with Crippen LogP contribution in [-0.4, -0.2) is 26.6 Å². The second kappa shape index (κ2) is 9.24. The molecule has 0 spiro atoms. The van der Waals surface area contributed by atoms with Gasteiger partial charge in [0, 0.05) is 21.7 Å². The van der Waals surface area contributed by atoms with Crippen LogP contribution in [0.2, 0.25) is 0 Å². The number of aromatic carboxylic acids is 1. The Bertz CT molecular complexity index is 1290. The largest absolute Gasteiger partial charge is 0.478 e. The van der Waals surface area contributed by atoms with Crippen LogP contribution in [0, 0.1) is 16.0 Å². The van der Waals surface area contributed by atoms with E-state index in [9.17, 15) is 20.0 Å². The maximum absolute atomic E-state index is 12.0. The third-order valence-electron chi connectivity index (χ3n) is 6.63. The molecule has 3 aromatic rings. The van der Waals surface area contributed by atoms with Crippen LogP contribution >= 0.6 is 39.3 Å². The molecule has 174 valence electrons. The average Bonchev–Trinajstić information content (AvgIpc) is 3.14. The number of nitrogens with one attached hydrogen (secondary N) is 1. The molecule has 1 heterocycles. The minimum absolute atomic E-state index is 0.0708. The van der Waals surface area contributed by atoms with Crippen molar-refractivity contribution in [1.82, 2.24) is 0 Å². The van der Waals surface area contributed by atoms with E-state index in [1.54, 1.807) is 30.3 Å². The molecule has 0 saturated heterocycles. The molecule has 1 fully saturated rings. The second-order valence-corrected chi connectivity index (χ2v) is 11.2. The zero-order valence-electron chi connectivity index (χ0n) is 17.7. The molecule has 2 N–H and O–H groups in total. The minimum Gasteiger partial charge on any atom is -0.478 e. The molecular weight excluding hydrogens is 540 g/mol. The molecule has 2 aliphatic rings. The van der Waals surface area contributed by atoms with Crippen LogP contribution in [0.3, 0.4) is 0 Å². The summed E-state index contributed by atoms with van der Waals surface area (Å²) >= 11 is 12.1. The normalized spacial score (nSPS) is 25.2. The molecule has 0 amide bonds. The summed E-state index contributed by atoms with van der Waals surface area (Å²) in [6, 6.07) is 19.8. The predicted octanol–water partition coefficient (Wildman–Crippen LogP) is 7.09. The Morgan fingerprint density at radius 2 is 1.91 bits per heavy atom. The predicted molar refractivity (Wildman–Crippen MR) is 137 cm³/mol. The number of nitro groups is 1. The van der Waals surface area contributed by atoms with Crippen LogP contribution in [0.1, 0.15) is 39.9 Å². The minimum atomic E-state index is -0.995. The van der Waals surface area contributed by atoms with E-state index in [0.717, 1.165) is 22.0 Å². The molecule has 1 aliphatic carbocycles. The monoisotopic (exact) mass is 558 g/mol. The van der Waals surface area contributed by atoms with Crippen molar-refractivity contribution in [3.63, 3.8) is 0 Å². The molecule has 0 bridgehead atoms. The summed E-state index contributed by atoms with van der Waals surface area (Å²) in [5, 5.41) is 24.5. The number of hydrogen-bond donors (Lipinski definition) is 2. The summed E-state index contributed by atoms with van der Waals surface area (Å²) in [5.74, 6) is -0.999. The lowest BCUT2D eigenvalue weighted by atomic mass is 9.76. The van der Waals surface area contributed by atoms with E-state index < -0.39 is 5.97 Å². The molecule has 5 atom stereocenters. The number of anilines is 1. The maximum Gasteiger partial charge on any atom is 0.337 e. The van der Waals surface area contributed by atoms with E-state index in [1.165, 1.54) is 17.8 Å². The number of alkyl halides is 1. The van der Waals surface area contributed by atoms with Gasteiger partial charge in [-0.25, -0.2) is 4.79 Å². The van der Waals surface area contributed by atoms with Crippen LogP contribution < -0.4 is 5.32 Å². The number of halogens is 2. The SMILES string of the molecule is O=C(O)c1cccc2c1NC(c1cccc(Br)c1)C1CC(Sc3ccccc3[N+](=O)[O-])C(Cl)C21. The van der Waals surface area contributed by atoms with Gasteiger partial charge in [-0.05, 0) is 47.7 Å². The Labute approximate surface area is 214 Å². The summed E-state index contributed by atoms with van der Waals surface area (Å²) in [6.45, 7) is 0. The molecule has 0 aromatic heterocycles. The highest BCUT2D eigenvalue weighted by atomic mass is 79.9. The molecule has 6 nitrogen and oxygen atoms in total. The van der Waals surface area contributed by atoms with Crippen molar-refractivity contribution in [2.75, 3.05) is 5.32 Å². The summed E-state index contributed by atoms with van der Waals surface area (Å²) in [4.78, 5) is 23.8. The fourth-order valence-corrected chi connectivity index (χ4v) is 7.58. The van der Waals surface area contributed by atoms with E-state index in [0.29, 0.717) is 10.6 Å². The molecule has 3 aromatic carbocycles. The number of carboxylic acids is 1. The highest BCUT2D eigenvalue weighted by Crippen LogP contribution is 2.58. The fraction of sp³-hybridized carbons (Fsp3) is 0.240. The fourth-order valence-electron chi connectivity index (χ4n) is 5.22. The molecule has 5 rings (SSSR count). The van der Waals surface area contributed by atoms with Crippen LogP contribution in [0.15, 0.2) is 76.1 Å². The van der Waals surface area contributed by atoms with Crippen molar-refractivity contribution < 1.29 is 14.8 Å². The van der Waals surface area contributed by atoms with Gasteiger partial charge < -0.3 is 10.4 Å². The molecule has 1 saturated carbocycles. The number of benzene rings is 3. The summed E-state index contributed by atoms with van der Waals surface area (Å²) in [6.07, 6.45) is 0.733. The number of carbonyl (C=O) groups is 1. The van der Waals surface area contributed by atoms with Crippen LogP contribution in [0.25, 0.3) is 0 Å². The zero-order valence-corrected chi connectivity index (χ0v) is 20.9. The maximum atomic E-state index is 12.0. The molecule has 0 radical (unpaired) electrons.